The van der Waals surface area contributed by atoms with Crippen molar-refractivity contribution in [1.82, 2.24) is 34.6 Å². The molecule has 0 saturated heterocycles. The molecule has 1 unspecified atom stereocenters. The maximum Gasteiger partial charge on any atom is 0.288 e. The Morgan fingerprint density at radius 1 is 0.464 bits per heavy atom. The van der Waals surface area contributed by atoms with E-state index in [0.717, 1.165) is 123 Å². The number of hydrogen-bond acceptors (Lipinski definition) is 13. The Morgan fingerprint density at radius 3 is 1.15 bits per heavy atom. The quantitative estimate of drug-likeness (QED) is 0.0464. The zero-order valence-electron chi connectivity index (χ0n) is 70.9. The second-order valence-electron chi connectivity index (χ2n) is 37.2. The van der Waals surface area contributed by atoms with E-state index in [1.165, 1.54) is 37.8 Å². The number of nitrogen functional groups attached to an aromatic ring is 3. The molecule has 1 atom stereocenters. The van der Waals surface area contributed by atoms with Crippen LogP contribution < -0.4 is 26.1 Å². The number of rotatable bonds is 18. The second-order valence-corrected chi connectivity index (χ2v) is 38.1. The molecule has 5 aromatic carbocycles. The first-order valence-electron chi connectivity index (χ1n) is 38.5. The number of anilines is 3. The molecular weight excluding hydrogens is 1410 g/mol. The van der Waals surface area contributed by atoms with Gasteiger partial charge in [0.1, 0.15) is 34.8 Å². The number of Topliss-reactive ketones (excluding diaryl/α,β-unsaturated/α-hetero) is 2. The van der Waals surface area contributed by atoms with E-state index in [1.54, 1.807) is 45.0 Å². The van der Waals surface area contributed by atoms with Gasteiger partial charge in [0.05, 0.1) is 22.6 Å². The normalized spacial score (nSPS) is 14.2. The van der Waals surface area contributed by atoms with Gasteiger partial charge in [-0.1, -0.05) is 199 Å². The van der Waals surface area contributed by atoms with E-state index in [0.29, 0.717) is 43.3 Å². The maximum atomic E-state index is 14.2. The number of nitrogens with two attached hydrogens (primary N) is 3. The molecule has 0 spiro atoms. The van der Waals surface area contributed by atoms with Crippen LogP contribution in [0, 0.1) is 108 Å². The van der Waals surface area contributed by atoms with Crippen molar-refractivity contribution in [2.24, 2.45) is 50.2 Å². The summed E-state index contributed by atoms with van der Waals surface area (Å²) in [7, 11) is 0. The molecule has 3 aromatic heterocycles. The SMILES string of the molecule is CC(C)C1CCC(CC(=O)CC(C)(C)C)CC1.Cc1cc(Cc2ccc(C(=O)C(C)(C)C)c(F)c2)nc(N)n1.Cc1cc(Cc2ccc(CC(C)(C)C)c(F)c2)nc(N)n1.Cc1cc(Cc2ccc(CC(C)(C)C)c(F)c2)nc(N)n1.Cc1ccc(CC(C)(C)C)c(F)c1.Cc1ccc(OS(=O)NCC(C)(C)C)cc1. The molecule has 19 heteroatoms. The van der Waals surface area contributed by atoms with Crippen molar-refractivity contribution in [3.05, 3.63) is 223 Å². The molecule has 110 heavy (non-hydrogen) atoms. The largest absolute Gasteiger partial charge is 0.389 e. The van der Waals surface area contributed by atoms with Gasteiger partial charge >= 0.3 is 0 Å². The molecule has 602 valence electrons. The fraction of sp³-hybridized carbons (Fsp3) is 0.516. The van der Waals surface area contributed by atoms with Crippen molar-refractivity contribution in [3.8, 4) is 5.75 Å². The fourth-order valence-electron chi connectivity index (χ4n) is 12.4. The molecule has 9 rings (SSSR count). The van der Waals surface area contributed by atoms with Gasteiger partial charge in [0.25, 0.3) is 11.3 Å². The first-order valence-corrected chi connectivity index (χ1v) is 39.6. The van der Waals surface area contributed by atoms with Gasteiger partial charge in [0.2, 0.25) is 17.8 Å². The number of aromatic nitrogens is 6. The van der Waals surface area contributed by atoms with Crippen LogP contribution in [0.1, 0.15) is 266 Å². The summed E-state index contributed by atoms with van der Waals surface area (Å²) in [6.45, 7) is 51.7. The minimum Gasteiger partial charge on any atom is -0.389 e. The minimum absolute atomic E-state index is 0.0700. The first kappa shape index (κ1) is 94.1. The predicted molar refractivity (Wildman–Crippen MR) is 447 cm³/mol. The number of hydrogen-bond donors (Lipinski definition) is 4. The zero-order valence-corrected chi connectivity index (χ0v) is 71.7. The molecule has 0 radical (unpaired) electrons. The summed E-state index contributed by atoms with van der Waals surface area (Å²) in [4.78, 5) is 48.7. The van der Waals surface area contributed by atoms with Crippen molar-refractivity contribution in [1.29, 1.82) is 0 Å². The smallest absolute Gasteiger partial charge is 0.288 e. The molecule has 0 aliphatic heterocycles. The molecule has 1 aliphatic rings. The standard InChI is InChI=1S/C17H20FN3O.2C17H22FN3.C16H30O.C12H17F.C12H19NO2S/c1-10-7-12(21-16(19)20-10)8-11-5-6-13(14(18)9-11)15(22)17(2,3)4;2*1-11-7-14(21-16(19)20-11)8-12-5-6-13(15(18)9-12)10-17(2,3)4;1-12(2)14-8-6-13(7-9-14)10-15(17)11-16(3,4)5;1-9-5-6-10(11(13)7-9)8-12(2,3)4;1-10-5-7-11(8-6-10)15-16(14)13-9-12(2,3)4/h5-7,9H,8H2,1-4H3,(H2,19,20,21);2*5-7,9H,8,10H2,1-4H3,(H2,19,20,21);12-14H,6-11H2,1-5H3;5-7H,8H2,1-4H3;5-8,13H,9H2,1-4H3. The molecule has 7 N–H and O–H groups in total. The van der Waals surface area contributed by atoms with Gasteiger partial charge in [-0.2, -0.15) is 4.21 Å². The topological polar surface area (TPSA) is 228 Å². The Labute approximate surface area is 659 Å². The van der Waals surface area contributed by atoms with E-state index in [2.05, 4.69) is 152 Å². The van der Waals surface area contributed by atoms with E-state index in [1.807, 2.05) is 113 Å². The number of carbonyl (C=O) groups is 2. The number of ketones is 2. The van der Waals surface area contributed by atoms with Crippen LogP contribution in [-0.4, -0.2) is 52.2 Å². The first-order chi connectivity index (χ1) is 50.6. The van der Waals surface area contributed by atoms with E-state index < -0.39 is 22.5 Å². The van der Waals surface area contributed by atoms with Crippen LogP contribution in [0.2, 0.25) is 0 Å². The van der Waals surface area contributed by atoms with Crippen LogP contribution in [0.3, 0.4) is 0 Å². The molecule has 8 aromatic rings. The molecule has 1 fully saturated rings. The molecule has 0 amide bonds. The van der Waals surface area contributed by atoms with E-state index in [-0.39, 0.29) is 73.7 Å². The van der Waals surface area contributed by atoms with Crippen LogP contribution in [0.5, 0.6) is 5.75 Å². The van der Waals surface area contributed by atoms with Crippen LogP contribution >= 0.6 is 0 Å². The lowest BCUT2D eigenvalue weighted by atomic mass is 9.75. The minimum atomic E-state index is -1.47. The molecular formula is C91H130F4N10O4S. The number of aryl methyl sites for hydroxylation is 5. The Bertz CT molecular complexity index is 4110. The van der Waals surface area contributed by atoms with Crippen molar-refractivity contribution in [2.45, 2.75) is 250 Å². The lowest BCUT2D eigenvalue weighted by Crippen LogP contribution is -2.30. The highest BCUT2D eigenvalue weighted by molar-refractivity contribution is 7.78. The highest BCUT2D eigenvalue weighted by atomic mass is 32.2. The second kappa shape index (κ2) is 41.8. The van der Waals surface area contributed by atoms with Crippen LogP contribution in [0.25, 0.3) is 0 Å². The Hall–Kier alpha value is -8.29. The van der Waals surface area contributed by atoms with Crippen molar-refractivity contribution >= 4 is 40.7 Å². The molecule has 0 bridgehead atoms. The summed E-state index contributed by atoms with van der Waals surface area (Å²) in [6.07, 6.45) is 10.6. The van der Waals surface area contributed by atoms with E-state index in [9.17, 15) is 31.4 Å². The maximum absolute atomic E-state index is 14.2. The number of halogens is 4. The summed E-state index contributed by atoms with van der Waals surface area (Å²) in [5, 5.41) is 0. The van der Waals surface area contributed by atoms with E-state index >= 15 is 0 Å². The van der Waals surface area contributed by atoms with Crippen molar-refractivity contribution in [3.63, 3.8) is 0 Å². The van der Waals surface area contributed by atoms with Gasteiger partial charge in [0.15, 0.2) is 5.78 Å². The molecule has 1 aliphatic carbocycles. The van der Waals surface area contributed by atoms with Crippen LogP contribution in [-0.2, 0) is 54.6 Å². The van der Waals surface area contributed by atoms with Gasteiger partial charge < -0.3 is 21.4 Å². The highest BCUT2D eigenvalue weighted by Crippen LogP contribution is 2.36. The Morgan fingerprint density at radius 2 is 0.827 bits per heavy atom. The van der Waals surface area contributed by atoms with Gasteiger partial charge in [-0.15, -0.1) is 0 Å². The number of nitrogens with one attached hydrogen (secondary N) is 1. The fourth-order valence-corrected chi connectivity index (χ4v) is 13.3. The third-order valence-corrected chi connectivity index (χ3v) is 18.2. The Balaban J connectivity index is 0.000000281. The average molecular weight is 1540 g/mol. The highest BCUT2D eigenvalue weighted by Gasteiger charge is 2.28. The summed E-state index contributed by atoms with van der Waals surface area (Å²) in [5.74, 6) is 3.13. The monoisotopic (exact) mass is 1530 g/mol. The van der Waals surface area contributed by atoms with Gasteiger partial charge in [-0.25, -0.2) is 52.2 Å². The number of nitrogens with zero attached hydrogens (tertiary/aromatic N) is 6. The summed E-state index contributed by atoms with van der Waals surface area (Å²) < 4.78 is 75.5. The van der Waals surface area contributed by atoms with Gasteiger partial charge in [-0.05, 0) is 224 Å². The third kappa shape index (κ3) is 38.1. The molecule has 14 nitrogen and oxygen atoms in total. The number of carbonyl (C=O) groups excluding carboxylic acids is 2. The number of benzene rings is 5. The van der Waals surface area contributed by atoms with Crippen molar-refractivity contribution in [2.75, 3.05) is 23.7 Å². The third-order valence-electron chi connectivity index (χ3n) is 17.5. The lowest BCUT2D eigenvalue weighted by molar-refractivity contribution is -0.122. The summed E-state index contributed by atoms with van der Waals surface area (Å²) >= 11 is -1.47. The van der Waals surface area contributed by atoms with Crippen molar-refractivity contribution < 1.29 is 35.5 Å². The average Bonchev–Trinajstić information content (AvgIpc) is 0.802. The zero-order chi connectivity index (χ0) is 83.0. The van der Waals surface area contributed by atoms with Crippen LogP contribution in [0.4, 0.5) is 35.4 Å². The lowest BCUT2D eigenvalue weighted by Gasteiger charge is -2.31. The van der Waals surface area contributed by atoms with E-state index in [4.69, 9.17) is 21.4 Å². The van der Waals surface area contributed by atoms with Gasteiger partial charge in [-0.3, -0.25) is 9.59 Å². The predicted octanol–water partition coefficient (Wildman–Crippen LogP) is 21.9. The van der Waals surface area contributed by atoms with Gasteiger partial charge in [0, 0.05) is 61.1 Å². The molecule has 1 saturated carbocycles. The summed E-state index contributed by atoms with van der Waals surface area (Å²) in [5.41, 5.74) is 28.7. The van der Waals surface area contributed by atoms with Crippen LogP contribution in [0.15, 0.2) is 115 Å². The summed E-state index contributed by atoms with van der Waals surface area (Å²) in [6, 6.07) is 34.0. The molecule has 3 heterocycles. The Kier molecular flexibility index (Phi) is 35.8.